The summed E-state index contributed by atoms with van der Waals surface area (Å²) >= 11 is 5.86. The van der Waals surface area contributed by atoms with E-state index in [4.69, 9.17) is 11.6 Å². The van der Waals surface area contributed by atoms with Gasteiger partial charge in [-0.05, 0) is 36.4 Å². The first-order valence-electron chi connectivity index (χ1n) is 5.78. The minimum Gasteiger partial charge on any atom is -0.277 e. The second-order valence-corrected chi connectivity index (χ2v) is 4.46. The van der Waals surface area contributed by atoms with Crippen molar-refractivity contribution in [3.8, 4) is 0 Å². The van der Waals surface area contributed by atoms with Crippen LogP contribution in [-0.4, -0.2) is 5.17 Å². The summed E-state index contributed by atoms with van der Waals surface area (Å²) < 4.78 is 50.5. The molecule has 0 unspecified atom stereocenters. The average molecular weight is 317 g/mol. The lowest BCUT2D eigenvalue weighted by molar-refractivity contribution is -0.137. The van der Waals surface area contributed by atoms with Crippen LogP contribution in [-0.2, 0) is 6.18 Å². The minimum absolute atomic E-state index is 0.126. The maximum absolute atomic E-state index is 12.7. The molecule has 0 bridgehead atoms. The number of rotatable bonds is 3. The van der Waals surface area contributed by atoms with E-state index in [0.717, 1.165) is 12.1 Å². The van der Waals surface area contributed by atoms with E-state index in [-0.39, 0.29) is 10.7 Å². The number of benzene rings is 2. The molecule has 0 saturated heterocycles. The van der Waals surface area contributed by atoms with Crippen molar-refractivity contribution >= 4 is 22.5 Å². The molecule has 0 aliphatic rings. The SMILES string of the molecule is Fc1ccc(NN=C(Cl)c2cccc(C(F)(F)F)c2)cc1. The maximum Gasteiger partial charge on any atom is 0.416 e. The summed E-state index contributed by atoms with van der Waals surface area (Å²) in [4.78, 5) is 0. The minimum atomic E-state index is -4.45. The monoisotopic (exact) mass is 316 g/mol. The topological polar surface area (TPSA) is 24.4 Å². The van der Waals surface area contributed by atoms with Crippen molar-refractivity contribution in [3.05, 3.63) is 65.5 Å². The summed E-state index contributed by atoms with van der Waals surface area (Å²) in [5.41, 5.74) is 2.31. The van der Waals surface area contributed by atoms with Crippen LogP contribution in [0.25, 0.3) is 0 Å². The van der Waals surface area contributed by atoms with Crippen LogP contribution < -0.4 is 5.43 Å². The van der Waals surface area contributed by atoms with E-state index in [1.165, 1.54) is 36.4 Å². The van der Waals surface area contributed by atoms with Gasteiger partial charge in [0.25, 0.3) is 0 Å². The number of hydrogen-bond donors (Lipinski definition) is 1. The van der Waals surface area contributed by atoms with Gasteiger partial charge >= 0.3 is 6.18 Å². The van der Waals surface area contributed by atoms with Gasteiger partial charge in [-0.25, -0.2) is 4.39 Å². The molecule has 0 fully saturated rings. The Morgan fingerprint density at radius 2 is 1.71 bits per heavy atom. The molecule has 0 amide bonds. The number of anilines is 1. The summed E-state index contributed by atoms with van der Waals surface area (Å²) in [7, 11) is 0. The van der Waals surface area contributed by atoms with Crippen LogP contribution in [0.1, 0.15) is 11.1 Å². The zero-order chi connectivity index (χ0) is 15.5. The van der Waals surface area contributed by atoms with Crippen molar-refractivity contribution in [3.63, 3.8) is 0 Å². The fraction of sp³-hybridized carbons (Fsp3) is 0.0714. The summed E-state index contributed by atoms with van der Waals surface area (Å²) in [6.45, 7) is 0. The first-order valence-corrected chi connectivity index (χ1v) is 6.16. The Kier molecular flexibility index (Phi) is 4.47. The molecule has 2 aromatic rings. The van der Waals surface area contributed by atoms with E-state index in [1.807, 2.05) is 0 Å². The van der Waals surface area contributed by atoms with Gasteiger partial charge in [0.05, 0.1) is 11.3 Å². The van der Waals surface area contributed by atoms with Crippen LogP contribution in [0.4, 0.5) is 23.2 Å². The summed E-state index contributed by atoms with van der Waals surface area (Å²) in [5.74, 6) is -0.409. The van der Waals surface area contributed by atoms with Crippen molar-refractivity contribution < 1.29 is 17.6 Å². The van der Waals surface area contributed by atoms with Gasteiger partial charge in [-0.1, -0.05) is 23.7 Å². The summed E-state index contributed by atoms with van der Waals surface area (Å²) in [6.07, 6.45) is -4.45. The molecule has 0 saturated carbocycles. The van der Waals surface area contributed by atoms with Crippen molar-refractivity contribution in [1.82, 2.24) is 0 Å². The van der Waals surface area contributed by atoms with Crippen LogP contribution in [0, 0.1) is 5.82 Å². The fourth-order valence-electron chi connectivity index (χ4n) is 1.53. The Morgan fingerprint density at radius 3 is 2.33 bits per heavy atom. The van der Waals surface area contributed by atoms with Gasteiger partial charge in [0.15, 0.2) is 5.17 Å². The first kappa shape index (κ1) is 15.3. The van der Waals surface area contributed by atoms with Crippen LogP contribution >= 0.6 is 11.6 Å². The highest BCUT2D eigenvalue weighted by molar-refractivity contribution is 6.69. The second kappa shape index (κ2) is 6.13. The van der Waals surface area contributed by atoms with Gasteiger partial charge < -0.3 is 0 Å². The number of hydrazone groups is 1. The van der Waals surface area contributed by atoms with Gasteiger partial charge in [-0.2, -0.15) is 18.3 Å². The maximum atomic E-state index is 12.7. The predicted octanol–water partition coefficient (Wildman–Crippen LogP) is 4.86. The quantitative estimate of drug-likeness (QED) is 0.488. The average Bonchev–Trinajstić information content (AvgIpc) is 2.45. The molecule has 0 spiro atoms. The second-order valence-electron chi connectivity index (χ2n) is 4.10. The third-order valence-corrected chi connectivity index (χ3v) is 2.86. The summed E-state index contributed by atoms with van der Waals surface area (Å²) in [6, 6.07) is 9.79. The molecule has 0 aliphatic carbocycles. The molecule has 110 valence electrons. The first-order chi connectivity index (χ1) is 9.86. The summed E-state index contributed by atoms with van der Waals surface area (Å²) in [5, 5.41) is 3.63. The van der Waals surface area contributed by atoms with Crippen LogP contribution in [0.5, 0.6) is 0 Å². The molecule has 1 N–H and O–H groups in total. The zero-order valence-electron chi connectivity index (χ0n) is 10.5. The third kappa shape index (κ3) is 4.19. The predicted molar refractivity (Wildman–Crippen MR) is 73.9 cm³/mol. The number of hydrogen-bond acceptors (Lipinski definition) is 2. The van der Waals surface area contributed by atoms with E-state index in [1.54, 1.807) is 0 Å². The Labute approximate surface area is 123 Å². The molecule has 0 heterocycles. The largest absolute Gasteiger partial charge is 0.416 e. The highest BCUT2D eigenvalue weighted by atomic mass is 35.5. The standard InChI is InChI=1S/C14H9ClF4N2/c15-13(21-20-12-6-4-11(16)5-7-12)9-2-1-3-10(8-9)14(17,18)19/h1-8,20H. The van der Waals surface area contributed by atoms with Crippen molar-refractivity contribution in [2.75, 3.05) is 5.43 Å². The van der Waals surface area contributed by atoms with E-state index in [2.05, 4.69) is 10.5 Å². The lowest BCUT2D eigenvalue weighted by Crippen LogP contribution is -2.06. The number of alkyl halides is 3. The van der Waals surface area contributed by atoms with E-state index in [9.17, 15) is 17.6 Å². The van der Waals surface area contributed by atoms with Crippen LogP contribution in [0.3, 0.4) is 0 Å². The molecule has 2 rings (SSSR count). The van der Waals surface area contributed by atoms with Gasteiger partial charge in [0.1, 0.15) is 5.82 Å². The zero-order valence-corrected chi connectivity index (χ0v) is 11.2. The molecule has 0 aliphatic heterocycles. The van der Waals surface area contributed by atoms with Gasteiger partial charge in [-0.15, -0.1) is 0 Å². The Bertz CT molecular complexity index is 651. The number of halogens is 5. The van der Waals surface area contributed by atoms with E-state index in [0.29, 0.717) is 5.69 Å². The molecule has 2 aromatic carbocycles. The number of nitrogens with one attached hydrogen (secondary N) is 1. The van der Waals surface area contributed by atoms with Crippen LogP contribution in [0.15, 0.2) is 53.6 Å². The van der Waals surface area contributed by atoms with Crippen LogP contribution in [0.2, 0.25) is 0 Å². The Morgan fingerprint density at radius 1 is 1.05 bits per heavy atom. The Hall–Kier alpha value is -2.08. The molecule has 7 heteroatoms. The highest BCUT2D eigenvalue weighted by Gasteiger charge is 2.30. The van der Waals surface area contributed by atoms with Gasteiger partial charge in [-0.3, -0.25) is 5.43 Å². The number of nitrogens with zero attached hydrogens (tertiary/aromatic N) is 1. The van der Waals surface area contributed by atoms with E-state index >= 15 is 0 Å². The Balaban J connectivity index is 2.17. The molecular weight excluding hydrogens is 308 g/mol. The normalized spacial score (nSPS) is 12.3. The molecular formula is C14H9ClF4N2. The third-order valence-electron chi connectivity index (χ3n) is 2.56. The smallest absolute Gasteiger partial charge is 0.277 e. The van der Waals surface area contributed by atoms with Crippen molar-refractivity contribution in [2.45, 2.75) is 6.18 Å². The highest BCUT2D eigenvalue weighted by Crippen LogP contribution is 2.29. The van der Waals surface area contributed by atoms with Gasteiger partial charge in [0.2, 0.25) is 0 Å². The van der Waals surface area contributed by atoms with Crippen molar-refractivity contribution in [1.29, 1.82) is 0 Å². The molecule has 21 heavy (non-hydrogen) atoms. The lowest BCUT2D eigenvalue weighted by Gasteiger charge is -2.08. The molecule has 0 atom stereocenters. The van der Waals surface area contributed by atoms with Gasteiger partial charge in [0, 0.05) is 5.56 Å². The molecule has 0 aromatic heterocycles. The molecule has 2 nitrogen and oxygen atoms in total. The fourth-order valence-corrected chi connectivity index (χ4v) is 1.69. The van der Waals surface area contributed by atoms with E-state index < -0.39 is 17.6 Å². The van der Waals surface area contributed by atoms with Crippen molar-refractivity contribution in [2.24, 2.45) is 5.10 Å². The molecule has 0 radical (unpaired) electrons. The lowest BCUT2D eigenvalue weighted by atomic mass is 10.1.